The number of rotatable bonds is 6. The summed E-state index contributed by atoms with van der Waals surface area (Å²) in [4.78, 5) is 33.5. The minimum atomic E-state index is -0.819. The fourth-order valence-electron chi connectivity index (χ4n) is 1.40. The molecule has 0 spiro atoms. The third-order valence-corrected chi connectivity index (χ3v) is 2.37. The van der Waals surface area contributed by atoms with Gasteiger partial charge in [0.25, 0.3) is 0 Å². The Labute approximate surface area is 90.0 Å². The molecule has 0 aromatic heterocycles. The van der Waals surface area contributed by atoms with Crippen LogP contribution in [0.2, 0.25) is 0 Å². The Balaban J connectivity index is 4.79. The molecule has 0 N–H and O–H groups in total. The predicted molar refractivity (Wildman–Crippen MR) is 55.2 cm³/mol. The van der Waals surface area contributed by atoms with Gasteiger partial charge in [-0.3, -0.25) is 9.59 Å². The number of aldehydes is 1. The van der Waals surface area contributed by atoms with Gasteiger partial charge in [0.15, 0.2) is 0 Å². The number of ketones is 1. The van der Waals surface area contributed by atoms with Crippen LogP contribution in [0.15, 0.2) is 0 Å². The molecular formula is C11H18O4. The normalized spacial score (nSPS) is 14.5. The first kappa shape index (κ1) is 13.8. The zero-order chi connectivity index (χ0) is 12.0. The summed E-state index contributed by atoms with van der Waals surface area (Å²) in [5, 5.41) is 0. The second kappa shape index (κ2) is 6.32. The highest BCUT2D eigenvalue weighted by Crippen LogP contribution is 2.20. The highest BCUT2D eigenvalue weighted by atomic mass is 16.5. The van der Waals surface area contributed by atoms with Gasteiger partial charge < -0.3 is 9.53 Å². The quantitative estimate of drug-likeness (QED) is 0.379. The summed E-state index contributed by atoms with van der Waals surface area (Å²) in [5.74, 6) is -2.08. The van der Waals surface area contributed by atoms with Crippen LogP contribution in [-0.2, 0) is 19.1 Å². The molecule has 0 aliphatic heterocycles. The molecule has 86 valence electrons. The van der Waals surface area contributed by atoms with E-state index in [-0.39, 0.29) is 24.0 Å². The van der Waals surface area contributed by atoms with Gasteiger partial charge in [-0.15, -0.1) is 0 Å². The number of hydrogen-bond donors (Lipinski definition) is 0. The lowest BCUT2D eigenvalue weighted by Crippen LogP contribution is -2.34. The first-order valence-electron chi connectivity index (χ1n) is 5.00. The van der Waals surface area contributed by atoms with Crippen molar-refractivity contribution in [2.24, 2.45) is 17.8 Å². The van der Waals surface area contributed by atoms with Gasteiger partial charge in [0, 0.05) is 12.3 Å². The summed E-state index contributed by atoms with van der Waals surface area (Å²) in [6.45, 7) is 5.16. The molecule has 0 fully saturated rings. The zero-order valence-electron chi connectivity index (χ0n) is 9.65. The summed E-state index contributed by atoms with van der Waals surface area (Å²) in [6, 6.07) is 0. The van der Waals surface area contributed by atoms with Crippen LogP contribution in [-0.4, -0.2) is 25.1 Å². The van der Waals surface area contributed by atoms with E-state index in [0.29, 0.717) is 6.29 Å². The zero-order valence-corrected chi connectivity index (χ0v) is 9.65. The molecule has 0 aromatic carbocycles. The summed E-state index contributed by atoms with van der Waals surface area (Å²) in [7, 11) is 1.25. The number of ether oxygens (including phenoxy) is 1. The highest BCUT2D eigenvalue weighted by Gasteiger charge is 2.33. The van der Waals surface area contributed by atoms with Crippen LogP contribution in [0.4, 0.5) is 0 Å². The summed E-state index contributed by atoms with van der Waals surface area (Å²) < 4.78 is 4.58. The van der Waals surface area contributed by atoms with Crippen LogP contribution in [0, 0.1) is 17.8 Å². The van der Waals surface area contributed by atoms with Crippen molar-refractivity contribution in [2.75, 3.05) is 7.11 Å². The van der Waals surface area contributed by atoms with E-state index in [0.717, 1.165) is 0 Å². The van der Waals surface area contributed by atoms with Crippen LogP contribution in [0.25, 0.3) is 0 Å². The molecule has 4 heteroatoms. The van der Waals surface area contributed by atoms with Crippen molar-refractivity contribution < 1.29 is 19.1 Å². The van der Waals surface area contributed by atoms with Crippen LogP contribution < -0.4 is 0 Å². The van der Waals surface area contributed by atoms with Gasteiger partial charge in [0.1, 0.15) is 18.0 Å². The van der Waals surface area contributed by atoms with E-state index in [1.54, 1.807) is 20.8 Å². The van der Waals surface area contributed by atoms with E-state index >= 15 is 0 Å². The molecule has 2 atom stereocenters. The minimum absolute atomic E-state index is 0.170. The molecule has 2 unspecified atom stereocenters. The first-order chi connectivity index (χ1) is 6.95. The predicted octanol–water partition coefficient (Wildman–Crippen LogP) is 1.23. The first-order valence-corrected chi connectivity index (χ1v) is 5.00. The monoisotopic (exact) mass is 214 g/mol. The summed E-state index contributed by atoms with van der Waals surface area (Å²) >= 11 is 0. The summed E-state index contributed by atoms with van der Waals surface area (Å²) in [6.07, 6.45) is 0.909. The molecule has 0 saturated heterocycles. The highest BCUT2D eigenvalue weighted by molar-refractivity contribution is 6.00. The molecule has 0 aliphatic carbocycles. The average Bonchev–Trinajstić information content (AvgIpc) is 2.17. The van der Waals surface area contributed by atoms with Crippen LogP contribution in [0.3, 0.4) is 0 Å². The number of Topliss-reactive ketones (excluding diaryl/α,β-unsaturated/α-hetero) is 1. The maximum absolute atomic E-state index is 11.7. The van der Waals surface area contributed by atoms with Crippen LogP contribution in [0.5, 0.6) is 0 Å². The molecule has 0 radical (unpaired) electrons. The van der Waals surface area contributed by atoms with Gasteiger partial charge in [0.2, 0.25) is 0 Å². The Morgan fingerprint density at radius 3 is 2.13 bits per heavy atom. The van der Waals surface area contributed by atoms with E-state index in [1.807, 2.05) is 0 Å². The number of carbonyl (C=O) groups excluding carboxylic acids is 3. The SMILES string of the molecule is COC(=O)C(C(=O)C(C)C)C(C)CC=O. The Bertz CT molecular complexity index is 245. The van der Waals surface area contributed by atoms with E-state index in [9.17, 15) is 14.4 Å². The van der Waals surface area contributed by atoms with Gasteiger partial charge >= 0.3 is 5.97 Å². The van der Waals surface area contributed by atoms with E-state index in [4.69, 9.17) is 0 Å². The largest absolute Gasteiger partial charge is 0.468 e. The van der Waals surface area contributed by atoms with Crippen molar-refractivity contribution in [3.8, 4) is 0 Å². The lowest BCUT2D eigenvalue weighted by molar-refractivity contribution is -0.152. The lowest BCUT2D eigenvalue weighted by Gasteiger charge is -2.20. The van der Waals surface area contributed by atoms with Crippen molar-refractivity contribution >= 4 is 18.0 Å². The smallest absolute Gasteiger partial charge is 0.316 e. The fraction of sp³-hybridized carbons (Fsp3) is 0.727. The average molecular weight is 214 g/mol. The summed E-state index contributed by atoms with van der Waals surface area (Å²) in [5.41, 5.74) is 0. The fourth-order valence-corrected chi connectivity index (χ4v) is 1.40. The molecular weight excluding hydrogens is 196 g/mol. The van der Waals surface area contributed by atoms with Crippen molar-refractivity contribution in [1.29, 1.82) is 0 Å². The molecule has 0 amide bonds. The Kier molecular flexibility index (Phi) is 5.82. The Hall–Kier alpha value is -1.19. The second-order valence-electron chi connectivity index (χ2n) is 3.94. The standard InChI is InChI=1S/C11H18O4/c1-7(2)10(13)9(11(14)15-4)8(3)5-6-12/h6-9H,5H2,1-4H3. The Morgan fingerprint density at radius 1 is 1.27 bits per heavy atom. The molecule has 0 saturated carbocycles. The van der Waals surface area contributed by atoms with E-state index in [1.165, 1.54) is 7.11 Å². The van der Waals surface area contributed by atoms with Gasteiger partial charge in [-0.1, -0.05) is 20.8 Å². The maximum Gasteiger partial charge on any atom is 0.316 e. The number of esters is 1. The molecule has 0 rings (SSSR count). The van der Waals surface area contributed by atoms with Crippen molar-refractivity contribution in [3.05, 3.63) is 0 Å². The van der Waals surface area contributed by atoms with Crippen molar-refractivity contribution in [3.63, 3.8) is 0 Å². The van der Waals surface area contributed by atoms with Crippen molar-refractivity contribution in [1.82, 2.24) is 0 Å². The number of carbonyl (C=O) groups is 3. The topological polar surface area (TPSA) is 60.4 Å². The molecule has 0 heterocycles. The maximum atomic E-state index is 11.7. The lowest BCUT2D eigenvalue weighted by atomic mass is 9.84. The molecule has 15 heavy (non-hydrogen) atoms. The third kappa shape index (κ3) is 3.81. The molecule has 0 bridgehead atoms. The van der Waals surface area contributed by atoms with Crippen LogP contribution in [0.1, 0.15) is 27.2 Å². The van der Waals surface area contributed by atoms with Crippen LogP contribution >= 0.6 is 0 Å². The van der Waals surface area contributed by atoms with Gasteiger partial charge in [0.05, 0.1) is 7.11 Å². The van der Waals surface area contributed by atoms with Crippen molar-refractivity contribution in [2.45, 2.75) is 27.2 Å². The third-order valence-electron chi connectivity index (χ3n) is 2.37. The minimum Gasteiger partial charge on any atom is -0.468 e. The van der Waals surface area contributed by atoms with E-state index < -0.39 is 11.9 Å². The number of hydrogen-bond acceptors (Lipinski definition) is 4. The van der Waals surface area contributed by atoms with Gasteiger partial charge in [-0.25, -0.2) is 0 Å². The molecule has 0 aliphatic rings. The number of methoxy groups -OCH3 is 1. The van der Waals surface area contributed by atoms with Gasteiger partial charge in [-0.2, -0.15) is 0 Å². The Morgan fingerprint density at radius 2 is 1.80 bits per heavy atom. The molecule has 0 aromatic rings. The molecule has 4 nitrogen and oxygen atoms in total. The van der Waals surface area contributed by atoms with Gasteiger partial charge in [-0.05, 0) is 5.92 Å². The van der Waals surface area contributed by atoms with E-state index in [2.05, 4.69) is 4.74 Å². The second-order valence-corrected chi connectivity index (χ2v) is 3.94.